The lowest BCUT2D eigenvalue weighted by Crippen LogP contribution is -1.89. The zero-order valence-electron chi connectivity index (χ0n) is 24.7. The highest BCUT2D eigenvalue weighted by Gasteiger charge is 2.17. The van der Waals surface area contributed by atoms with Gasteiger partial charge in [0.15, 0.2) is 0 Å². The highest BCUT2D eigenvalue weighted by molar-refractivity contribution is 7.25. The van der Waals surface area contributed by atoms with E-state index in [1.807, 2.05) is 11.3 Å². The summed E-state index contributed by atoms with van der Waals surface area (Å²) < 4.78 is 9.00. The van der Waals surface area contributed by atoms with Gasteiger partial charge in [0.2, 0.25) is 0 Å². The van der Waals surface area contributed by atoms with Gasteiger partial charge in [-0.1, -0.05) is 109 Å². The first kappa shape index (κ1) is 24.6. The molecule has 0 fully saturated rings. The van der Waals surface area contributed by atoms with Crippen molar-refractivity contribution in [1.29, 1.82) is 0 Å². The van der Waals surface area contributed by atoms with Crippen molar-refractivity contribution in [2.75, 3.05) is 0 Å². The van der Waals surface area contributed by atoms with Crippen LogP contribution in [0.3, 0.4) is 0 Å². The van der Waals surface area contributed by atoms with Gasteiger partial charge in [-0.2, -0.15) is 0 Å². The monoisotopic (exact) mass is 600 g/mol. The second kappa shape index (κ2) is 8.94. The van der Waals surface area contributed by atoms with Gasteiger partial charge in [0.25, 0.3) is 0 Å². The molecule has 212 valence electrons. The summed E-state index contributed by atoms with van der Waals surface area (Å²) >= 11 is 1.83. The van der Waals surface area contributed by atoms with E-state index in [-0.39, 0.29) is 0 Å². The van der Waals surface area contributed by atoms with Gasteiger partial charge < -0.3 is 4.42 Å². The number of thiophene rings is 1. The molecule has 0 saturated heterocycles. The average molecular weight is 601 g/mol. The van der Waals surface area contributed by atoms with E-state index in [0.717, 1.165) is 16.6 Å². The fraction of sp³-hybridized carbons (Fsp3) is 0. The van der Waals surface area contributed by atoms with Crippen LogP contribution in [-0.4, -0.2) is 0 Å². The molecule has 0 saturated carbocycles. The molecule has 0 aliphatic carbocycles. The Labute approximate surface area is 267 Å². The zero-order chi connectivity index (χ0) is 29.9. The van der Waals surface area contributed by atoms with E-state index in [0.29, 0.717) is 0 Å². The lowest BCUT2D eigenvalue weighted by molar-refractivity contribution is 0.669. The molecule has 0 unspecified atom stereocenters. The number of rotatable bonds is 2. The lowest BCUT2D eigenvalue weighted by Gasteiger charge is -2.17. The Hall–Kier alpha value is -5.70. The van der Waals surface area contributed by atoms with Crippen molar-refractivity contribution in [1.82, 2.24) is 0 Å². The van der Waals surface area contributed by atoms with E-state index < -0.39 is 0 Å². The molecule has 11 rings (SSSR count). The normalized spacial score (nSPS) is 12.3. The summed E-state index contributed by atoms with van der Waals surface area (Å²) in [6.45, 7) is 0. The summed E-state index contributed by atoms with van der Waals surface area (Å²) in [5, 5.41) is 15.3. The van der Waals surface area contributed by atoms with Gasteiger partial charge in [0.1, 0.15) is 11.2 Å². The molecule has 2 heterocycles. The second-order valence-corrected chi connectivity index (χ2v) is 13.6. The second-order valence-electron chi connectivity index (χ2n) is 12.5. The predicted molar refractivity (Wildman–Crippen MR) is 199 cm³/mol. The van der Waals surface area contributed by atoms with E-state index in [9.17, 15) is 0 Å². The van der Waals surface area contributed by atoms with Gasteiger partial charge in [0.05, 0.1) is 0 Å². The predicted octanol–water partition coefficient (Wildman–Crippen LogP) is 13.3. The van der Waals surface area contributed by atoms with Crippen LogP contribution in [0.5, 0.6) is 0 Å². The fourth-order valence-electron chi connectivity index (χ4n) is 7.82. The third-order valence-corrected chi connectivity index (χ3v) is 11.1. The fourth-order valence-corrected chi connectivity index (χ4v) is 8.94. The zero-order valence-corrected chi connectivity index (χ0v) is 25.5. The number of benzene rings is 9. The summed E-state index contributed by atoms with van der Waals surface area (Å²) in [6, 6.07) is 53.7. The van der Waals surface area contributed by atoms with E-state index in [4.69, 9.17) is 4.42 Å². The van der Waals surface area contributed by atoms with Gasteiger partial charge in [-0.25, -0.2) is 0 Å². The van der Waals surface area contributed by atoms with Crippen molar-refractivity contribution in [3.63, 3.8) is 0 Å². The van der Waals surface area contributed by atoms with Crippen LogP contribution in [0.4, 0.5) is 0 Å². The highest BCUT2D eigenvalue weighted by atomic mass is 32.1. The molecule has 0 aliphatic heterocycles. The molecule has 0 N–H and O–H groups in total. The van der Waals surface area contributed by atoms with Crippen LogP contribution in [0, 0.1) is 0 Å². The largest absolute Gasteiger partial charge is 0.456 e. The first-order chi connectivity index (χ1) is 22.8. The number of hydrogen-bond donors (Lipinski definition) is 0. The van der Waals surface area contributed by atoms with E-state index in [1.54, 1.807) is 0 Å². The molecule has 9 aromatic carbocycles. The summed E-state index contributed by atoms with van der Waals surface area (Å²) in [4.78, 5) is 0. The molecule has 0 spiro atoms. The molecule has 0 amide bonds. The van der Waals surface area contributed by atoms with Crippen LogP contribution >= 0.6 is 11.3 Å². The smallest absolute Gasteiger partial charge is 0.136 e. The topological polar surface area (TPSA) is 13.1 Å². The van der Waals surface area contributed by atoms with Crippen LogP contribution in [0.15, 0.2) is 150 Å². The Morgan fingerprint density at radius 2 is 0.978 bits per heavy atom. The van der Waals surface area contributed by atoms with Crippen molar-refractivity contribution in [2.45, 2.75) is 0 Å². The van der Waals surface area contributed by atoms with Crippen molar-refractivity contribution < 1.29 is 4.42 Å². The molecular weight excluding hydrogens is 577 g/mol. The summed E-state index contributed by atoms with van der Waals surface area (Å²) in [7, 11) is 0. The van der Waals surface area contributed by atoms with E-state index >= 15 is 0 Å². The minimum atomic E-state index is 0.929. The molecule has 0 radical (unpaired) electrons. The maximum atomic E-state index is 6.42. The number of furan rings is 1. The lowest BCUT2D eigenvalue weighted by atomic mass is 9.87. The molecule has 0 atom stereocenters. The minimum Gasteiger partial charge on any atom is -0.456 e. The average Bonchev–Trinajstić information content (AvgIpc) is 3.66. The highest BCUT2D eigenvalue weighted by Crippen LogP contribution is 2.44. The maximum Gasteiger partial charge on any atom is 0.136 e. The molecule has 2 heteroatoms. The van der Waals surface area contributed by atoms with Crippen LogP contribution in [0.1, 0.15) is 0 Å². The summed E-state index contributed by atoms with van der Waals surface area (Å²) in [6.07, 6.45) is 0. The van der Waals surface area contributed by atoms with Crippen LogP contribution < -0.4 is 0 Å². The van der Waals surface area contributed by atoms with Gasteiger partial charge in [-0.05, 0) is 102 Å². The Morgan fingerprint density at radius 3 is 1.78 bits per heavy atom. The molecule has 0 aliphatic rings. The van der Waals surface area contributed by atoms with Gasteiger partial charge in [0, 0.05) is 30.9 Å². The van der Waals surface area contributed by atoms with Gasteiger partial charge in [-0.3, -0.25) is 0 Å². The third-order valence-electron chi connectivity index (χ3n) is 10.0. The van der Waals surface area contributed by atoms with Gasteiger partial charge >= 0.3 is 0 Å². The first-order valence-electron chi connectivity index (χ1n) is 15.7. The van der Waals surface area contributed by atoms with Crippen LogP contribution in [-0.2, 0) is 0 Å². The molecule has 1 nitrogen and oxygen atoms in total. The molecule has 0 bridgehead atoms. The Balaban J connectivity index is 1.14. The summed E-state index contributed by atoms with van der Waals surface area (Å²) in [5.41, 5.74) is 6.86. The molecule has 2 aromatic heterocycles. The Bertz CT molecular complexity index is 3030. The van der Waals surface area contributed by atoms with Crippen molar-refractivity contribution in [3.05, 3.63) is 146 Å². The van der Waals surface area contributed by atoms with E-state index in [1.165, 1.54) is 90.9 Å². The minimum absolute atomic E-state index is 0.929. The quantitative estimate of drug-likeness (QED) is 0.180. The number of fused-ring (bicyclic) bond motifs is 7. The van der Waals surface area contributed by atoms with Crippen LogP contribution in [0.25, 0.3) is 107 Å². The van der Waals surface area contributed by atoms with Crippen molar-refractivity contribution in [3.8, 4) is 22.3 Å². The Kier molecular flexibility index (Phi) is 4.78. The standard InChI is InChI=1S/C44H24OS/c1-2-6-28-21-29(10-9-25(28)5-1)31-16-11-26-14-19-35-32(17-12-27-13-18-34(31)43(26)44(27)35)30-15-20-39-36(22-30)37-23-38-33-7-3-4-8-41(33)46-42(38)24-40(37)45-39/h1-24H. The third kappa shape index (κ3) is 3.34. The number of hydrogen-bond acceptors (Lipinski definition) is 2. The van der Waals surface area contributed by atoms with Gasteiger partial charge in [-0.15, -0.1) is 11.3 Å². The molecular formula is C44H24OS. The van der Waals surface area contributed by atoms with Crippen molar-refractivity contribution in [2.24, 2.45) is 0 Å². The maximum absolute atomic E-state index is 6.42. The summed E-state index contributed by atoms with van der Waals surface area (Å²) in [5.74, 6) is 0. The van der Waals surface area contributed by atoms with Crippen molar-refractivity contribution >= 4 is 96.5 Å². The first-order valence-corrected chi connectivity index (χ1v) is 16.6. The Morgan fingerprint density at radius 1 is 0.348 bits per heavy atom. The van der Waals surface area contributed by atoms with E-state index in [2.05, 4.69) is 146 Å². The SMILES string of the molecule is c1ccc2cc(-c3ccc4ccc5c(-c6ccc7oc8cc9sc%10ccccc%10c9cc8c7c6)ccc6ccc3c4c65)ccc2c1. The molecule has 11 aromatic rings. The molecule has 46 heavy (non-hydrogen) atoms. The van der Waals surface area contributed by atoms with Crippen LogP contribution in [0.2, 0.25) is 0 Å².